The van der Waals surface area contributed by atoms with Crippen LogP contribution in [0.3, 0.4) is 0 Å². The van der Waals surface area contributed by atoms with Crippen LogP contribution >= 0.6 is 23.2 Å². The van der Waals surface area contributed by atoms with Crippen LogP contribution in [-0.4, -0.2) is 0 Å². The van der Waals surface area contributed by atoms with Gasteiger partial charge in [-0.2, -0.15) is 13.2 Å². The molecule has 0 fully saturated rings. The molecule has 0 atom stereocenters. The van der Waals surface area contributed by atoms with E-state index < -0.39 is 22.6 Å². The van der Waals surface area contributed by atoms with E-state index >= 15 is 0 Å². The van der Waals surface area contributed by atoms with E-state index in [1.54, 1.807) is 0 Å². The maximum Gasteiger partial charge on any atom is 0.417 e. The first-order chi connectivity index (χ1) is 6.36. The second-order valence-electron chi connectivity index (χ2n) is 2.56. The van der Waals surface area contributed by atoms with Gasteiger partial charge in [-0.3, -0.25) is 0 Å². The molecule has 0 saturated carbocycles. The predicted octanol–water partition coefficient (Wildman–Crippen LogP) is 4.24. The zero-order valence-corrected chi connectivity index (χ0v) is 8.14. The van der Waals surface area contributed by atoms with Gasteiger partial charge in [-0.05, 0) is 17.7 Å². The lowest BCUT2D eigenvalue weighted by Gasteiger charge is -2.11. The molecule has 0 saturated heterocycles. The van der Waals surface area contributed by atoms with Crippen LogP contribution in [-0.2, 0) is 12.1 Å². The van der Waals surface area contributed by atoms with Crippen LogP contribution in [0, 0.1) is 5.82 Å². The van der Waals surface area contributed by atoms with Crippen molar-refractivity contribution < 1.29 is 17.6 Å². The number of halogens is 6. The first-order valence-corrected chi connectivity index (χ1v) is 4.38. The highest BCUT2D eigenvalue weighted by atomic mass is 35.5. The number of hydrogen-bond acceptors (Lipinski definition) is 0. The standard InChI is InChI=1S/C8H4Cl2F4/c9-3-4-1-5(11)2-6(7(4)10)8(12,13)14/h1-2H,3H2. The topological polar surface area (TPSA) is 0 Å². The molecule has 1 aromatic rings. The van der Waals surface area contributed by atoms with E-state index in [0.717, 1.165) is 6.07 Å². The summed E-state index contributed by atoms with van der Waals surface area (Å²) < 4.78 is 49.5. The van der Waals surface area contributed by atoms with Crippen LogP contribution in [0.15, 0.2) is 12.1 Å². The Morgan fingerprint density at radius 3 is 2.21 bits per heavy atom. The smallest absolute Gasteiger partial charge is 0.207 e. The Morgan fingerprint density at radius 1 is 1.21 bits per heavy atom. The summed E-state index contributed by atoms with van der Waals surface area (Å²) in [5, 5.41) is -0.547. The second-order valence-corrected chi connectivity index (χ2v) is 3.20. The number of hydrogen-bond donors (Lipinski definition) is 0. The summed E-state index contributed by atoms with van der Waals surface area (Å²) in [6.45, 7) is 0. The fourth-order valence-electron chi connectivity index (χ4n) is 0.949. The summed E-state index contributed by atoms with van der Waals surface area (Å²) in [6.07, 6.45) is -4.67. The normalized spacial score (nSPS) is 11.9. The fourth-order valence-corrected chi connectivity index (χ4v) is 1.51. The fraction of sp³-hybridized carbons (Fsp3) is 0.250. The number of rotatable bonds is 1. The van der Waals surface area contributed by atoms with E-state index in [1.165, 1.54) is 0 Å². The van der Waals surface area contributed by atoms with E-state index in [1.807, 2.05) is 0 Å². The minimum absolute atomic E-state index is 0.0688. The minimum atomic E-state index is -4.67. The molecule has 0 radical (unpaired) electrons. The highest BCUT2D eigenvalue weighted by Gasteiger charge is 2.34. The van der Waals surface area contributed by atoms with Gasteiger partial charge in [0.05, 0.1) is 10.6 Å². The molecular weight excluding hydrogens is 243 g/mol. The van der Waals surface area contributed by atoms with Crippen molar-refractivity contribution >= 4 is 23.2 Å². The van der Waals surface area contributed by atoms with Gasteiger partial charge >= 0.3 is 6.18 Å². The van der Waals surface area contributed by atoms with Crippen LogP contribution in [0.2, 0.25) is 5.02 Å². The molecule has 14 heavy (non-hydrogen) atoms. The highest BCUT2D eigenvalue weighted by molar-refractivity contribution is 6.33. The lowest BCUT2D eigenvalue weighted by atomic mass is 10.1. The van der Waals surface area contributed by atoms with Crippen LogP contribution < -0.4 is 0 Å². The van der Waals surface area contributed by atoms with Gasteiger partial charge in [0.15, 0.2) is 0 Å². The molecule has 0 bridgehead atoms. The maximum atomic E-state index is 12.7. The van der Waals surface area contributed by atoms with E-state index in [-0.39, 0.29) is 11.4 Å². The Hall–Kier alpha value is -0.480. The highest BCUT2D eigenvalue weighted by Crippen LogP contribution is 2.37. The summed E-state index contributed by atoms with van der Waals surface area (Å²) in [4.78, 5) is 0. The molecule has 0 spiro atoms. The zero-order valence-electron chi connectivity index (χ0n) is 6.63. The van der Waals surface area contributed by atoms with Gasteiger partial charge in [-0.1, -0.05) is 11.6 Å². The Kier molecular flexibility index (Phi) is 3.27. The van der Waals surface area contributed by atoms with E-state index in [4.69, 9.17) is 23.2 Å². The summed E-state index contributed by atoms with van der Waals surface area (Å²) in [6, 6.07) is 1.23. The molecule has 0 nitrogen and oxygen atoms in total. The van der Waals surface area contributed by atoms with Crippen molar-refractivity contribution in [2.75, 3.05) is 0 Å². The van der Waals surface area contributed by atoms with Gasteiger partial charge in [-0.15, -0.1) is 11.6 Å². The van der Waals surface area contributed by atoms with E-state index in [0.29, 0.717) is 6.07 Å². The predicted molar refractivity (Wildman–Crippen MR) is 46.0 cm³/mol. The van der Waals surface area contributed by atoms with Crippen LogP contribution in [0.1, 0.15) is 11.1 Å². The lowest BCUT2D eigenvalue weighted by molar-refractivity contribution is -0.137. The SMILES string of the molecule is Fc1cc(CCl)c(Cl)c(C(F)(F)F)c1. The van der Waals surface area contributed by atoms with Crippen molar-refractivity contribution in [2.45, 2.75) is 12.1 Å². The summed E-state index contributed by atoms with van der Waals surface area (Å²) in [7, 11) is 0. The third-order valence-corrected chi connectivity index (χ3v) is 2.30. The molecule has 0 aliphatic heterocycles. The molecule has 0 unspecified atom stereocenters. The number of alkyl halides is 4. The molecule has 0 aromatic heterocycles. The lowest BCUT2D eigenvalue weighted by Crippen LogP contribution is -2.07. The van der Waals surface area contributed by atoms with Crippen molar-refractivity contribution in [3.05, 3.63) is 34.1 Å². The molecule has 0 heterocycles. The zero-order chi connectivity index (χ0) is 10.9. The third kappa shape index (κ3) is 2.30. The Balaban J connectivity index is 3.37. The largest absolute Gasteiger partial charge is 0.417 e. The molecule has 0 aliphatic rings. The van der Waals surface area contributed by atoms with Crippen LogP contribution in [0.4, 0.5) is 17.6 Å². The van der Waals surface area contributed by atoms with Gasteiger partial charge in [0.2, 0.25) is 0 Å². The molecule has 0 aliphatic carbocycles. The maximum absolute atomic E-state index is 12.7. The molecular formula is C8H4Cl2F4. The first-order valence-electron chi connectivity index (χ1n) is 3.47. The van der Waals surface area contributed by atoms with Crippen molar-refractivity contribution in [1.82, 2.24) is 0 Å². The number of benzene rings is 1. The van der Waals surface area contributed by atoms with Gasteiger partial charge in [0.25, 0.3) is 0 Å². The molecule has 0 N–H and O–H groups in total. The quantitative estimate of drug-likeness (QED) is 0.514. The Bertz CT molecular complexity index is 346. The summed E-state index contributed by atoms with van der Waals surface area (Å²) in [5.41, 5.74) is -1.27. The van der Waals surface area contributed by atoms with Crippen molar-refractivity contribution in [2.24, 2.45) is 0 Å². The second kappa shape index (κ2) is 3.95. The Labute approximate surface area is 87.4 Å². The molecule has 78 valence electrons. The van der Waals surface area contributed by atoms with Crippen LogP contribution in [0.5, 0.6) is 0 Å². The summed E-state index contributed by atoms with van der Waals surface area (Å²) >= 11 is 10.7. The monoisotopic (exact) mass is 246 g/mol. The summed E-state index contributed by atoms with van der Waals surface area (Å²) in [5.74, 6) is -1.27. The third-order valence-electron chi connectivity index (χ3n) is 1.56. The molecule has 0 amide bonds. The van der Waals surface area contributed by atoms with Crippen LogP contribution in [0.25, 0.3) is 0 Å². The van der Waals surface area contributed by atoms with E-state index in [2.05, 4.69) is 0 Å². The van der Waals surface area contributed by atoms with Crippen molar-refractivity contribution in [3.63, 3.8) is 0 Å². The van der Waals surface area contributed by atoms with Gasteiger partial charge in [-0.25, -0.2) is 4.39 Å². The van der Waals surface area contributed by atoms with Gasteiger partial charge in [0, 0.05) is 5.88 Å². The first kappa shape index (κ1) is 11.6. The average Bonchev–Trinajstić information content (AvgIpc) is 2.06. The average molecular weight is 247 g/mol. The molecule has 1 rings (SSSR count). The molecule has 6 heteroatoms. The van der Waals surface area contributed by atoms with Gasteiger partial charge < -0.3 is 0 Å². The minimum Gasteiger partial charge on any atom is -0.207 e. The van der Waals surface area contributed by atoms with Gasteiger partial charge in [0.1, 0.15) is 5.82 Å². The van der Waals surface area contributed by atoms with Crippen molar-refractivity contribution in [3.8, 4) is 0 Å². The van der Waals surface area contributed by atoms with Crippen molar-refractivity contribution in [1.29, 1.82) is 0 Å². The molecule has 1 aromatic carbocycles. The van der Waals surface area contributed by atoms with E-state index in [9.17, 15) is 17.6 Å². The Morgan fingerprint density at radius 2 is 1.79 bits per heavy atom.